The molecule has 60 heavy (non-hydrogen) atoms. The molecule has 0 aromatic rings. The standard InChI is InChI=1S/C48H90NO10P/c1-3-5-7-9-11-13-15-17-18-19-20-21-22-23-24-25-26-28-30-32-34-36-38-40-47(51)59-44(42-57-60(54,55)58-43-45(49)48(52)53)41-56-46(50)39-37-35-33-31-29-27-16-14-12-10-8-6-4-2/h14,16,19-20,44-45H,3-13,15,17-18,21-43,49H2,1-2H3,(H,52,53)(H,54,55)/b16-14-,20-19-. The van der Waals surface area contributed by atoms with E-state index in [1.165, 1.54) is 135 Å². The van der Waals surface area contributed by atoms with Gasteiger partial charge in [-0.3, -0.25) is 23.4 Å². The lowest BCUT2D eigenvalue weighted by atomic mass is 10.0. The van der Waals surface area contributed by atoms with Gasteiger partial charge in [0.1, 0.15) is 12.6 Å². The zero-order valence-electron chi connectivity index (χ0n) is 38.3. The van der Waals surface area contributed by atoms with E-state index in [9.17, 15) is 23.8 Å². The highest BCUT2D eigenvalue weighted by Crippen LogP contribution is 2.43. The Morgan fingerprint density at radius 2 is 0.833 bits per heavy atom. The minimum absolute atomic E-state index is 0.161. The SMILES string of the molecule is CCCCCC/C=C\CCCCCCCC(=O)OCC(COP(=O)(O)OCC(N)C(=O)O)OC(=O)CCCCCCCCCCCCC/C=C\CCCCCCCCCC. The van der Waals surface area contributed by atoms with Gasteiger partial charge >= 0.3 is 25.7 Å². The first-order valence-corrected chi connectivity index (χ1v) is 25.9. The molecule has 12 heteroatoms. The Bertz CT molecular complexity index is 1120. The molecule has 3 atom stereocenters. The van der Waals surface area contributed by atoms with Crippen LogP contribution < -0.4 is 5.73 Å². The number of nitrogens with two attached hydrogens (primary N) is 1. The minimum atomic E-state index is -4.72. The van der Waals surface area contributed by atoms with Crippen LogP contribution in [0.2, 0.25) is 0 Å². The number of phosphoric ester groups is 1. The molecule has 0 bridgehead atoms. The Balaban J connectivity index is 4.22. The molecule has 11 nitrogen and oxygen atoms in total. The molecule has 0 spiro atoms. The predicted molar refractivity (Wildman–Crippen MR) is 245 cm³/mol. The highest BCUT2D eigenvalue weighted by atomic mass is 31.2. The fourth-order valence-electron chi connectivity index (χ4n) is 6.82. The first kappa shape index (κ1) is 58.0. The Kier molecular flexibility index (Phi) is 42.1. The Labute approximate surface area is 366 Å². The van der Waals surface area contributed by atoms with Gasteiger partial charge in [-0.25, -0.2) is 4.57 Å². The van der Waals surface area contributed by atoms with Gasteiger partial charge in [0.05, 0.1) is 13.2 Å². The van der Waals surface area contributed by atoms with Crippen LogP contribution in [0.4, 0.5) is 0 Å². The van der Waals surface area contributed by atoms with Gasteiger partial charge in [0.2, 0.25) is 0 Å². The molecule has 0 saturated heterocycles. The van der Waals surface area contributed by atoms with Crippen molar-refractivity contribution in [2.45, 2.75) is 244 Å². The third-order valence-corrected chi connectivity index (χ3v) is 11.6. The fourth-order valence-corrected chi connectivity index (χ4v) is 7.60. The van der Waals surface area contributed by atoms with Gasteiger partial charge in [-0.2, -0.15) is 0 Å². The van der Waals surface area contributed by atoms with Crippen molar-refractivity contribution in [3.63, 3.8) is 0 Å². The van der Waals surface area contributed by atoms with E-state index in [0.717, 1.165) is 57.8 Å². The summed E-state index contributed by atoms with van der Waals surface area (Å²) < 4.78 is 32.8. The van der Waals surface area contributed by atoms with Gasteiger partial charge in [0.25, 0.3) is 0 Å². The van der Waals surface area contributed by atoms with E-state index in [-0.39, 0.29) is 19.4 Å². The van der Waals surface area contributed by atoms with Crippen LogP contribution in [-0.2, 0) is 37.5 Å². The highest BCUT2D eigenvalue weighted by molar-refractivity contribution is 7.47. The molecule has 0 aromatic heterocycles. The van der Waals surface area contributed by atoms with Crippen molar-refractivity contribution >= 4 is 25.7 Å². The largest absolute Gasteiger partial charge is 0.480 e. The summed E-state index contributed by atoms with van der Waals surface area (Å²) in [5, 5.41) is 8.90. The monoisotopic (exact) mass is 872 g/mol. The van der Waals surface area contributed by atoms with Crippen LogP contribution in [0.3, 0.4) is 0 Å². The van der Waals surface area contributed by atoms with Crippen molar-refractivity contribution in [3.8, 4) is 0 Å². The van der Waals surface area contributed by atoms with Crippen LogP contribution in [0.1, 0.15) is 232 Å². The van der Waals surface area contributed by atoms with Gasteiger partial charge in [-0.05, 0) is 64.2 Å². The van der Waals surface area contributed by atoms with Crippen LogP contribution in [0.5, 0.6) is 0 Å². The topological polar surface area (TPSA) is 172 Å². The average molecular weight is 872 g/mol. The van der Waals surface area contributed by atoms with Gasteiger partial charge in [-0.1, -0.05) is 179 Å². The van der Waals surface area contributed by atoms with Crippen molar-refractivity contribution in [2.75, 3.05) is 19.8 Å². The summed E-state index contributed by atoms with van der Waals surface area (Å²) in [6, 6.07) is -1.52. The van der Waals surface area contributed by atoms with Gasteiger partial charge < -0.3 is 25.2 Å². The van der Waals surface area contributed by atoms with Crippen molar-refractivity contribution < 1.29 is 47.5 Å². The summed E-state index contributed by atoms with van der Waals surface area (Å²) in [6.45, 7) is 2.80. The number of rotatable bonds is 46. The molecule has 0 saturated carbocycles. The molecular formula is C48H90NO10P. The number of unbranched alkanes of at least 4 members (excludes halogenated alkanes) is 28. The third kappa shape index (κ3) is 42.6. The van der Waals surface area contributed by atoms with Crippen LogP contribution in [0.15, 0.2) is 24.3 Å². The molecule has 0 heterocycles. The molecule has 0 amide bonds. The summed E-state index contributed by atoms with van der Waals surface area (Å²) >= 11 is 0. The number of allylic oxidation sites excluding steroid dienone is 4. The van der Waals surface area contributed by atoms with E-state index >= 15 is 0 Å². The van der Waals surface area contributed by atoms with Crippen LogP contribution in [0, 0.1) is 0 Å². The molecule has 0 aliphatic carbocycles. The second kappa shape index (κ2) is 43.6. The molecule has 4 N–H and O–H groups in total. The zero-order valence-corrected chi connectivity index (χ0v) is 39.2. The number of carboxylic acids is 1. The van der Waals surface area contributed by atoms with Gasteiger partial charge in [0, 0.05) is 12.8 Å². The second-order valence-corrected chi connectivity index (χ2v) is 18.0. The van der Waals surface area contributed by atoms with Crippen molar-refractivity contribution in [3.05, 3.63) is 24.3 Å². The molecule has 0 aliphatic heterocycles. The number of hydrogen-bond donors (Lipinski definition) is 3. The van der Waals surface area contributed by atoms with Crippen molar-refractivity contribution in [1.29, 1.82) is 0 Å². The van der Waals surface area contributed by atoms with Crippen LogP contribution in [-0.4, -0.2) is 59.9 Å². The zero-order chi connectivity index (χ0) is 44.2. The number of phosphoric acid groups is 1. The van der Waals surface area contributed by atoms with Crippen LogP contribution in [0.25, 0.3) is 0 Å². The molecule has 352 valence electrons. The number of carboxylic acid groups (broad SMARTS) is 1. The molecular weight excluding hydrogens is 781 g/mol. The summed E-state index contributed by atoms with van der Waals surface area (Å²) in [5.74, 6) is -2.38. The molecule has 0 rings (SSSR count). The third-order valence-electron chi connectivity index (χ3n) is 10.7. The molecule has 0 aromatic carbocycles. The van der Waals surface area contributed by atoms with E-state index in [1.807, 2.05) is 0 Å². The van der Waals surface area contributed by atoms with Crippen LogP contribution >= 0.6 is 7.82 Å². The molecule has 3 unspecified atom stereocenters. The molecule has 0 fully saturated rings. The van der Waals surface area contributed by atoms with E-state index in [4.69, 9.17) is 24.8 Å². The van der Waals surface area contributed by atoms with Gasteiger partial charge in [-0.15, -0.1) is 0 Å². The quantitative estimate of drug-likeness (QED) is 0.0230. The smallest absolute Gasteiger partial charge is 0.472 e. The predicted octanol–water partition coefficient (Wildman–Crippen LogP) is 13.4. The maximum Gasteiger partial charge on any atom is 0.472 e. The van der Waals surface area contributed by atoms with E-state index in [0.29, 0.717) is 12.8 Å². The lowest BCUT2D eigenvalue weighted by Crippen LogP contribution is -2.34. The van der Waals surface area contributed by atoms with Gasteiger partial charge in [0.15, 0.2) is 6.10 Å². The van der Waals surface area contributed by atoms with E-state index in [1.54, 1.807) is 0 Å². The molecule has 0 radical (unpaired) electrons. The fraction of sp³-hybridized carbons (Fsp3) is 0.854. The van der Waals surface area contributed by atoms with Crippen molar-refractivity contribution in [2.24, 2.45) is 5.73 Å². The Morgan fingerprint density at radius 1 is 0.500 bits per heavy atom. The average Bonchev–Trinajstić information content (AvgIpc) is 3.22. The Morgan fingerprint density at radius 3 is 1.23 bits per heavy atom. The normalized spacial score (nSPS) is 13.8. The van der Waals surface area contributed by atoms with E-state index in [2.05, 4.69) is 42.7 Å². The first-order chi connectivity index (χ1) is 29.1. The number of carbonyl (C=O) groups is 3. The summed E-state index contributed by atoms with van der Waals surface area (Å²) in [4.78, 5) is 46.0. The summed E-state index contributed by atoms with van der Waals surface area (Å²) in [7, 11) is -4.72. The minimum Gasteiger partial charge on any atom is -0.480 e. The number of carbonyl (C=O) groups excluding carboxylic acids is 2. The maximum atomic E-state index is 12.7. The summed E-state index contributed by atoms with van der Waals surface area (Å²) in [6.07, 6.45) is 46.7. The lowest BCUT2D eigenvalue weighted by molar-refractivity contribution is -0.161. The number of esters is 2. The highest BCUT2D eigenvalue weighted by Gasteiger charge is 2.28. The number of aliphatic carboxylic acids is 1. The molecule has 0 aliphatic rings. The second-order valence-electron chi connectivity index (χ2n) is 16.6. The number of hydrogen-bond acceptors (Lipinski definition) is 9. The van der Waals surface area contributed by atoms with Crippen molar-refractivity contribution in [1.82, 2.24) is 0 Å². The first-order valence-electron chi connectivity index (χ1n) is 24.4. The maximum absolute atomic E-state index is 12.7. The number of ether oxygens (including phenoxy) is 2. The Hall–Kier alpha value is -2.04. The summed E-state index contributed by atoms with van der Waals surface area (Å²) in [5.41, 5.74) is 5.34. The lowest BCUT2D eigenvalue weighted by Gasteiger charge is -2.20. The van der Waals surface area contributed by atoms with E-state index < -0.39 is 51.1 Å².